The number of aryl methyl sites for hydroxylation is 2. The van der Waals surface area contributed by atoms with Crippen molar-refractivity contribution in [2.75, 3.05) is 6.61 Å². The third-order valence-electron chi connectivity index (χ3n) is 7.37. The van der Waals surface area contributed by atoms with Crippen LogP contribution in [0.25, 0.3) is 0 Å². The van der Waals surface area contributed by atoms with Crippen LogP contribution in [0.2, 0.25) is 0 Å². The van der Waals surface area contributed by atoms with E-state index in [2.05, 4.69) is 47.8 Å². The van der Waals surface area contributed by atoms with Crippen molar-refractivity contribution in [1.82, 2.24) is 5.32 Å². The lowest BCUT2D eigenvalue weighted by Gasteiger charge is -2.27. The van der Waals surface area contributed by atoms with Gasteiger partial charge in [0.15, 0.2) is 0 Å². The fourth-order valence-electron chi connectivity index (χ4n) is 5.25. The lowest BCUT2D eigenvalue weighted by Crippen LogP contribution is -2.39. The van der Waals surface area contributed by atoms with Crippen molar-refractivity contribution in [1.29, 1.82) is 0 Å². The van der Waals surface area contributed by atoms with Gasteiger partial charge in [-0.3, -0.25) is 0 Å². The lowest BCUT2D eigenvalue weighted by molar-refractivity contribution is -0.0863. The smallest absolute Gasteiger partial charge is 0.123 e. The topological polar surface area (TPSA) is 60.0 Å². The van der Waals surface area contributed by atoms with E-state index >= 15 is 0 Å². The summed E-state index contributed by atoms with van der Waals surface area (Å²) < 4.78 is 19.5. The van der Waals surface area contributed by atoms with Crippen LogP contribution in [0.5, 0.6) is 5.75 Å². The van der Waals surface area contributed by atoms with Crippen LogP contribution in [0.15, 0.2) is 103 Å². The van der Waals surface area contributed by atoms with Gasteiger partial charge in [0, 0.05) is 5.56 Å². The molecule has 2 N–H and O–H groups in total. The standard InChI is InChI=1S/C34H37NO4/c1-24-18-19-25(2)32(36)30(24)31-34(39-22-28-16-10-5-11-17-28)33(38-21-27-14-8-4-9-15-27)29(35-31)23-37-20-26-12-6-3-7-13-26/h3-19,29,31,33-36H,20-23H2,1-2H3/t29-,31+,33+,34+/m0/s1. The van der Waals surface area contributed by atoms with E-state index in [1.54, 1.807) is 0 Å². The highest BCUT2D eigenvalue weighted by Gasteiger charge is 2.47. The highest BCUT2D eigenvalue weighted by Crippen LogP contribution is 2.40. The summed E-state index contributed by atoms with van der Waals surface area (Å²) in [6, 6.07) is 34.1. The molecule has 1 fully saturated rings. The Kier molecular flexibility index (Phi) is 9.07. The second-order valence-electron chi connectivity index (χ2n) is 10.2. The molecule has 1 aliphatic rings. The number of nitrogens with one attached hydrogen (secondary N) is 1. The van der Waals surface area contributed by atoms with Gasteiger partial charge in [-0.15, -0.1) is 0 Å². The number of rotatable bonds is 11. The minimum atomic E-state index is -0.342. The Bertz CT molecular complexity index is 1310. The van der Waals surface area contributed by atoms with Crippen LogP contribution < -0.4 is 5.32 Å². The van der Waals surface area contributed by atoms with E-state index in [-0.39, 0.29) is 24.3 Å². The number of ether oxygens (including phenoxy) is 3. The van der Waals surface area contributed by atoms with Crippen molar-refractivity contribution >= 4 is 0 Å². The molecule has 39 heavy (non-hydrogen) atoms. The zero-order valence-corrected chi connectivity index (χ0v) is 22.6. The maximum absolute atomic E-state index is 11.2. The monoisotopic (exact) mass is 523 g/mol. The van der Waals surface area contributed by atoms with E-state index in [9.17, 15) is 5.11 Å². The highest BCUT2D eigenvalue weighted by atomic mass is 16.5. The van der Waals surface area contributed by atoms with E-state index in [0.29, 0.717) is 32.2 Å². The average Bonchev–Trinajstić information content (AvgIpc) is 3.31. The summed E-state index contributed by atoms with van der Waals surface area (Å²) in [7, 11) is 0. The van der Waals surface area contributed by atoms with Crippen LogP contribution in [0.1, 0.15) is 39.4 Å². The molecule has 4 aromatic rings. The van der Waals surface area contributed by atoms with Gasteiger partial charge in [-0.05, 0) is 41.7 Å². The first-order chi connectivity index (χ1) is 19.1. The van der Waals surface area contributed by atoms with Gasteiger partial charge in [-0.1, -0.05) is 103 Å². The van der Waals surface area contributed by atoms with Crippen LogP contribution in [0.3, 0.4) is 0 Å². The molecule has 0 radical (unpaired) electrons. The second-order valence-corrected chi connectivity index (χ2v) is 10.2. The van der Waals surface area contributed by atoms with Crippen LogP contribution in [-0.2, 0) is 34.0 Å². The molecule has 0 unspecified atom stereocenters. The van der Waals surface area contributed by atoms with Crippen molar-refractivity contribution in [3.8, 4) is 5.75 Å². The molecule has 0 aromatic heterocycles. The minimum Gasteiger partial charge on any atom is -0.507 e. The van der Waals surface area contributed by atoms with E-state index in [1.807, 2.05) is 74.5 Å². The molecule has 0 saturated carbocycles. The number of benzene rings is 4. The Morgan fingerprint density at radius 1 is 0.615 bits per heavy atom. The fraction of sp³-hybridized carbons (Fsp3) is 0.294. The van der Waals surface area contributed by atoms with Gasteiger partial charge >= 0.3 is 0 Å². The summed E-state index contributed by atoms with van der Waals surface area (Å²) >= 11 is 0. The SMILES string of the molecule is Cc1ccc(C)c([C@H]2N[C@@H](COCc3ccccc3)[C@@H](OCc3ccccc3)[C@@H]2OCc2ccccc2)c1O. The molecule has 4 aromatic carbocycles. The summed E-state index contributed by atoms with van der Waals surface area (Å²) in [6.45, 7) is 5.82. The number of aromatic hydroxyl groups is 1. The van der Waals surface area contributed by atoms with E-state index in [0.717, 1.165) is 33.4 Å². The normalized spacial score (nSPS) is 20.8. The predicted molar refractivity (Wildman–Crippen MR) is 153 cm³/mol. The van der Waals surface area contributed by atoms with Crippen molar-refractivity contribution in [2.24, 2.45) is 0 Å². The molecule has 0 amide bonds. The maximum atomic E-state index is 11.2. The van der Waals surface area contributed by atoms with E-state index in [4.69, 9.17) is 14.2 Å². The summed E-state index contributed by atoms with van der Waals surface area (Å²) in [5, 5.41) is 14.9. The zero-order valence-electron chi connectivity index (χ0n) is 22.6. The molecule has 202 valence electrons. The summed E-state index contributed by atoms with van der Waals surface area (Å²) in [6.07, 6.45) is -0.639. The molecule has 0 spiro atoms. The lowest BCUT2D eigenvalue weighted by atomic mass is 9.93. The Morgan fingerprint density at radius 3 is 1.67 bits per heavy atom. The highest BCUT2D eigenvalue weighted by molar-refractivity contribution is 5.47. The van der Waals surface area contributed by atoms with Gasteiger partial charge < -0.3 is 24.6 Å². The summed E-state index contributed by atoms with van der Waals surface area (Å²) in [4.78, 5) is 0. The number of phenolic OH excluding ortho intramolecular Hbond substituents is 1. The first-order valence-electron chi connectivity index (χ1n) is 13.6. The third-order valence-corrected chi connectivity index (χ3v) is 7.37. The fourth-order valence-corrected chi connectivity index (χ4v) is 5.25. The van der Waals surface area contributed by atoms with Gasteiger partial charge in [0.1, 0.15) is 18.0 Å². The van der Waals surface area contributed by atoms with Crippen LogP contribution >= 0.6 is 0 Å². The molecule has 5 nitrogen and oxygen atoms in total. The Balaban J connectivity index is 1.43. The molecular formula is C34H37NO4. The molecule has 5 rings (SSSR count). The van der Waals surface area contributed by atoms with Crippen LogP contribution in [-0.4, -0.2) is 30.0 Å². The van der Waals surface area contributed by atoms with E-state index in [1.165, 1.54) is 0 Å². The van der Waals surface area contributed by atoms with Gasteiger partial charge in [-0.25, -0.2) is 0 Å². The van der Waals surface area contributed by atoms with E-state index < -0.39 is 0 Å². The zero-order chi connectivity index (χ0) is 27.0. The van der Waals surface area contributed by atoms with Gasteiger partial charge in [0.05, 0.1) is 38.5 Å². The Morgan fingerprint density at radius 2 is 1.10 bits per heavy atom. The molecule has 4 atom stereocenters. The molecule has 1 heterocycles. The van der Waals surface area contributed by atoms with Crippen molar-refractivity contribution < 1.29 is 19.3 Å². The third kappa shape index (κ3) is 6.75. The van der Waals surface area contributed by atoms with Crippen LogP contribution in [0.4, 0.5) is 0 Å². The van der Waals surface area contributed by atoms with Gasteiger partial charge in [0.25, 0.3) is 0 Å². The molecule has 0 bridgehead atoms. The quantitative estimate of drug-likeness (QED) is 0.238. The van der Waals surface area contributed by atoms with Gasteiger partial charge in [-0.2, -0.15) is 0 Å². The van der Waals surface area contributed by atoms with Crippen molar-refractivity contribution in [2.45, 2.75) is 58.0 Å². The largest absolute Gasteiger partial charge is 0.507 e. The predicted octanol–water partition coefficient (Wildman–Crippen LogP) is 6.41. The Labute approximate surface area is 231 Å². The minimum absolute atomic E-state index is 0.137. The first-order valence-corrected chi connectivity index (χ1v) is 13.6. The number of hydrogen-bond donors (Lipinski definition) is 2. The second kappa shape index (κ2) is 13.0. The van der Waals surface area contributed by atoms with Crippen molar-refractivity contribution in [3.05, 3.63) is 137 Å². The summed E-state index contributed by atoms with van der Waals surface area (Å²) in [5.74, 6) is 0.300. The molecule has 1 aliphatic heterocycles. The molecular weight excluding hydrogens is 486 g/mol. The number of phenols is 1. The summed E-state index contributed by atoms with van der Waals surface area (Å²) in [5.41, 5.74) is 6.01. The molecule has 1 saturated heterocycles. The van der Waals surface area contributed by atoms with Crippen LogP contribution in [0, 0.1) is 13.8 Å². The molecule has 5 heteroatoms. The first kappa shape index (κ1) is 27.1. The maximum Gasteiger partial charge on any atom is 0.123 e. The number of hydrogen-bond acceptors (Lipinski definition) is 5. The Hall–Kier alpha value is -3.48. The van der Waals surface area contributed by atoms with Crippen molar-refractivity contribution in [3.63, 3.8) is 0 Å². The molecule has 0 aliphatic carbocycles. The average molecular weight is 524 g/mol. The van der Waals surface area contributed by atoms with Gasteiger partial charge in [0.2, 0.25) is 0 Å².